The quantitative estimate of drug-likeness (QED) is 0.900. The van der Waals surface area contributed by atoms with Gasteiger partial charge in [-0.25, -0.2) is 0 Å². The van der Waals surface area contributed by atoms with E-state index in [2.05, 4.69) is 11.8 Å². The van der Waals surface area contributed by atoms with Crippen molar-refractivity contribution in [2.24, 2.45) is 11.7 Å². The number of nitrogens with two attached hydrogens (primary N) is 1. The molecule has 2 aliphatic heterocycles. The van der Waals surface area contributed by atoms with Crippen molar-refractivity contribution in [3.05, 3.63) is 35.9 Å². The summed E-state index contributed by atoms with van der Waals surface area (Å²) in [7, 11) is 0. The maximum Gasteiger partial charge on any atom is 0.244 e. The highest BCUT2D eigenvalue weighted by molar-refractivity contribution is 5.83. The zero-order chi connectivity index (χ0) is 15.5. The third-order valence-electron chi connectivity index (χ3n) is 4.82. The molecule has 0 aromatic heterocycles. The molecular weight excluding hydrogens is 278 g/mol. The van der Waals surface area contributed by atoms with Crippen LogP contribution in [0.15, 0.2) is 30.3 Å². The van der Waals surface area contributed by atoms with Crippen LogP contribution >= 0.6 is 0 Å². The Hall–Kier alpha value is -1.43. The zero-order valence-corrected chi connectivity index (χ0v) is 13.1. The highest BCUT2D eigenvalue weighted by Gasteiger charge is 2.38. The fourth-order valence-corrected chi connectivity index (χ4v) is 3.51. The van der Waals surface area contributed by atoms with Crippen LogP contribution in [0.1, 0.15) is 18.5 Å². The van der Waals surface area contributed by atoms with Crippen molar-refractivity contribution in [1.82, 2.24) is 9.80 Å². The molecular formula is C17H25N3O2. The van der Waals surface area contributed by atoms with Gasteiger partial charge in [0, 0.05) is 32.2 Å². The number of hydrogen-bond donors (Lipinski definition) is 1. The van der Waals surface area contributed by atoms with Gasteiger partial charge in [0.1, 0.15) is 6.04 Å². The van der Waals surface area contributed by atoms with Gasteiger partial charge in [0.2, 0.25) is 5.91 Å². The second-order valence-electron chi connectivity index (χ2n) is 6.32. The predicted molar refractivity (Wildman–Crippen MR) is 85.3 cm³/mol. The van der Waals surface area contributed by atoms with E-state index in [1.807, 2.05) is 35.2 Å². The van der Waals surface area contributed by atoms with Crippen LogP contribution in [0.25, 0.3) is 0 Å². The van der Waals surface area contributed by atoms with E-state index in [0.29, 0.717) is 12.0 Å². The lowest BCUT2D eigenvalue weighted by Crippen LogP contribution is -2.47. The van der Waals surface area contributed by atoms with Gasteiger partial charge in [-0.05, 0) is 11.5 Å². The smallest absolute Gasteiger partial charge is 0.244 e. The minimum Gasteiger partial charge on any atom is -0.379 e. The Bertz CT molecular complexity index is 502. The highest BCUT2D eigenvalue weighted by atomic mass is 16.5. The normalized spacial score (nSPS) is 27.8. The summed E-state index contributed by atoms with van der Waals surface area (Å²) in [4.78, 5) is 17.1. The predicted octanol–water partition coefficient (Wildman–Crippen LogP) is 0.865. The van der Waals surface area contributed by atoms with Crippen molar-refractivity contribution in [1.29, 1.82) is 0 Å². The first-order valence-electron chi connectivity index (χ1n) is 8.08. The van der Waals surface area contributed by atoms with Crippen molar-refractivity contribution in [3.8, 4) is 0 Å². The van der Waals surface area contributed by atoms with Gasteiger partial charge in [-0.15, -0.1) is 0 Å². The number of nitrogens with zero attached hydrogens (tertiary/aromatic N) is 2. The number of amides is 1. The fourth-order valence-electron chi connectivity index (χ4n) is 3.51. The Labute approximate surface area is 132 Å². The van der Waals surface area contributed by atoms with Crippen LogP contribution in [0.5, 0.6) is 0 Å². The number of rotatable bonds is 3. The van der Waals surface area contributed by atoms with E-state index < -0.39 is 6.04 Å². The van der Waals surface area contributed by atoms with E-state index in [1.165, 1.54) is 0 Å². The molecule has 2 N–H and O–H groups in total. The minimum absolute atomic E-state index is 0.0359. The van der Waals surface area contributed by atoms with E-state index in [9.17, 15) is 4.79 Å². The topological polar surface area (TPSA) is 58.8 Å². The van der Waals surface area contributed by atoms with E-state index in [-0.39, 0.29) is 5.91 Å². The van der Waals surface area contributed by atoms with Gasteiger partial charge in [0.15, 0.2) is 0 Å². The van der Waals surface area contributed by atoms with Crippen LogP contribution in [0.4, 0.5) is 0 Å². The van der Waals surface area contributed by atoms with Gasteiger partial charge in [0.25, 0.3) is 0 Å². The van der Waals surface area contributed by atoms with Crippen LogP contribution in [0.2, 0.25) is 0 Å². The van der Waals surface area contributed by atoms with Crippen LogP contribution < -0.4 is 5.73 Å². The monoisotopic (exact) mass is 303 g/mol. The molecule has 22 heavy (non-hydrogen) atoms. The number of carbonyl (C=O) groups is 1. The van der Waals surface area contributed by atoms with Crippen LogP contribution in [0.3, 0.4) is 0 Å². The first-order chi connectivity index (χ1) is 10.7. The summed E-state index contributed by atoms with van der Waals surface area (Å²) >= 11 is 0. The summed E-state index contributed by atoms with van der Waals surface area (Å²) in [5.74, 6) is 0.513. The molecule has 2 heterocycles. The van der Waals surface area contributed by atoms with Crippen LogP contribution in [-0.2, 0) is 9.53 Å². The number of likely N-dealkylation sites (tertiary alicyclic amines) is 1. The van der Waals surface area contributed by atoms with Crippen molar-refractivity contribution in [2.75, 3.05) is 39.4 Å². The molecule has 1 aromatic carbocycles. The van der Waals surface area contributed by atoms with Gasteiger partial charge in [-0.2, -0.15) is 0 Å². The number of carbonyl (C=O) groups excluding carboxylic acids is 1. The van der Waals surface area contributed by atoms with Gasteiger partial charge in [-0.1, -0.05) is 37.3 Å². The summed E-state index contributed by atoms with van der Waals surface area (Å²) in [6.45, 7) is 7.30. The molecule has 5 heteroatoms. The average molecular weight is 303 g/mol. The number of ether oxygens (including phenoxy) is 1. The van der Waals surface area contributed by atoms with E-state index in [0.717, 1.165) is 45.0 Å². The highest BCUT2D eigenvalue weighted by Crippen LogP contribution is 2.25. The summed E-state index contributed by atoms with van der Waals surface area (Å²) in [5, 5.41) is 0. The zero-order valence-electron chi connectivity index (χ0n) is 13.1. The lowest BCUT2D eigenvalue weighted by atomic mass is 10.0. The van der Waals surface area contributed by atoms with Crippen molar-refractivity contribution < 1.29 is 9.53 Å². The summed E-state index contributed by atoms with van der Waals surface area (Å²) in [5.41, 5.74) is 7.05. The molecule has 3 unspecified atom stereocenters. The van der Waals surface area contributed by atoms with E-state index >= 15 is 0 Å². The van der Waals surface area contributed by atoms with Gasteiger partial charge in [-0.3, -0.25) is 9.69 Å². The summed E-state index contributed by atoms with van der Waals surface area (Å²) < 4.78 is 5.42. The average Bonchev–Trinajstić information content (AvgIpc) is 2.97. The molecule has 2 fully saturated rings. The Balaban J connectivity index is 1.64. The minimum atomic E-state index is -0.558. The first-order valence-corrected chi connectivity index (χ1v) is 8.08. The molecule has 2 aliphatic rings. The molecule has 5 nitrogen and oxygen atoms in total. The Morgan fingerprint density at radius 3 is 2.59 bits per heavy atom. The fraction of sp³-hybridized carbons (Fsp3) is 0.588. The lowest BCUT2D eigenvalue weighted by molar-refractivity contribution is -0.132. The Morgan fingerprint density at radius 1 is 1.23 bits per heavy atom. The number of hydrogen-bond acceptors (Lipinski definition) is 4. The molecule has 1 amide bonds. The molecule has 1 aromatic rings. The first kappa shape index (κ1) is 15.5. The lowest BCUT2D eigenvalue weighted by Gasteiger charge is -2.34. The SMILES string of the molecule is CC1CN(C(=O)C(N)c2ccccc2)CC1N1CCOCC1. The molecule has 0 radical (unpaired) electrons. The molecule has 0 aliphatic carbocycles. The van der Waals surface area contributed by atoms with Gasteiger partial charge < -0.3 is 15.4 Å². The van der Waals surface area contributed by atoms with Gasteiger partial charge in [0.05, 0.1) is 13.2 Å². The molecule has 0 saturated carbocycles. The molecule has 0 spiro atoms. The second kappa shape index (κ2) is 6.77. The van der Waals surface area contributed by atoms with Gasteiger partial charge >= 0.3 is 0 Å². The summed E-state index contributed by atoms with van der Waals surface area (Å²) in [6, 6.07) is 9.49. The standard InChI is InChI=1S/C17H25N3O2/c1-13-11-20(12-15(13)19-7-9-22-10-8-19)17(21)16(18)14-5-3-2-4-6-14/h2-6,13,15-16H,7-12,18H2,1H3. The van der Waals surface area contributed by atoms with E-state index in [4.69, 9.17) is 10.5 Å². The Kier molecular flexibility index (Phi) is 4.76. The Morgan fingerprint density at radius 2 is 1.91 bits per heavy atom. The molecule has 0 bridgehead atoms. The second-order valence-corrected chi connectivity index (χ2v) is 6.32. The molecule has 2 saturated heterocycles. The third-order valence-corrected chi connectivity index (χ3v) is 4.82. The van der Waals surface area contributed by atoms with Crippen molar-refractivity contribution in [3.63, 3.8) is 0 Å². The molecule has 120 valence electrons. The van der Waals surface area contributed by atoms with Crippen molar-refractivity contribution >= 4 is 5.91 Å². The third kappa shape index (κ3) is 3.16. The number of morpholine rings is 1. The molecule has 3 rings (SSSR count). The van der Waals surface area contributed by atoms with Crippen LogP contribution in [0, 0.1) is 5.92 Å². The largest absolute Gasteiger partial charge is 0.379 e. The molecule has 3 atom stereocenters. The van der Waals surface area contributed by atoms with Crippen LogP contribution in [-0.4, -0.2) is 61.1 Å². The van der Waals surface area contributed by atoms with E-state index in [1.54, 1.807) is 0 Å². The summed E-state index contributed by atoms with van der Waals surface area (Å²) in [6.07, 6.45) is 0. The number of benzene rings is 1. The van der Waals surface area contributed by atoms with Crippen molar-refractivity contribution in [2.45, 2.75) is 19.0 Å². The maximum absolute atomic E-state index is 12.7. The maximum atomic E-state index is 12.7.